The molecule has 0 amide bonds. The summed E-state index contributed by atoms with van der Waals surface area (Å²) >= 11 is 0. The second-order valence-corrected chi connectivity index (χ2v) is 3.19. The van der Waals surface area contributed by atoms with E-state index in [1.54, 1.807) is 18.2 Å². The third-order valence-corrected chi connectivity index (χ3v) is 2.01. The summed E-state index contributed by atoms with van der Waals surface area (Å²) in [5, 5.41) is 17.3. The maximum absolute atomic E-state index is 10.2. The van der Waals surface area contributed by atoms with Crippen molar-refractivity contribution in [2.24, 2.45) is 0 Å². The van der Waals surface area contributed by atoms with E-state index < -0.39 is 5.97 Å². The molecule has 0 bridgehead atoms. The topological polar surface area (TPSA) is 76.0 Å². The van der Waals surface area contributed by atoms with Crippen LogP contribution >= 0.6 is 0 Å². The quantitative estimate of drug-likeness (QED) is 0.728. The van der Waals surface area contributed by atoms with Crippen molar-refractivity contribution < 1.29 is 24.5 Å². The highest BCUT2D eigenvalue weighted by molar-refractivity contribution is 5.79. The minimum absolute atomic E-state index is 0.0739. The van der Waals surface area contributed by atoms with E-state index in [1.165, 1.54) is 13.2 Å². The van der Waals surface area contributed by atoms with Crippen molar-refractivity contribution in [3.8, 4) is 11.5 Å². The summed E-state index contributed by atoms with van der Waals surface area (Å²) in [7, 11) is 1.50. The summed E-state index contributed by atoms with van der Waals surface area (Å²) in [4.78, 5) is 10.2. The van der Waals surface area contributed by atoms with Crippen LogP contribution in [0.15, 0.2) is 30.4 Å². The van der Waals surface area contributed by atoms with Gasteiger partial charge in [0.2, 0.25) is 0 Å². The predicted molar refractivity (Wildman–Crippen MR) is 61.2 cm³/mol. The standard InChI is InChI=1S/C12H14O5/c1-16-11-7-9(8-13)4-5-10(11)17-6-2-3-12(14)15/h2-5,7,13H,6,8H2,1H3,(H,14,15)/b3-2+. The molecule has 92 valence electrons. The van der Waals surface area contributed by atoms with Crippen LogP contribution in [0.3, 0.4) is 0 Å². The van der Waals surface area contributed by atoms with E-state index >= 15 is 0 Å². The Morgan fingerprint density at radius 2 is 2.18 bits per heavy atom. The van der Waals surface area contributed by atoms with E-state index in [1.807, 2.05) is 0 Å². The summed E-state index contributed by atoms with van der Waals surface area (Å²) in [6.07, 6.45) is 2.40. The molecule has 2 N–H and O–H groups in total. The number of aliphatic carboxylic acids is 1. The molecule has 5 nitrogen and oxygen atoms in total. The average molecular weight is 238 g/mol. The van der Waals surface area contributed by atoms with E-state index in [2.05, 4.69) is 0 Å². The van der Waals surface area contributed by atoms with Gasteiger partial charge < -0.3 is 19.7 Å². The number of carboxylic acid groups (broad SMARTS) is 1. The summed E-state index contributed by atoms with van der Waals surface area (Å²) in [6, 6.07) is 5.04. The van der Waals surface area contributed by atoms with Gasteiger partial charge in [0.05, 0.1) is 13.7 Å². The first-order valence-corrected chi connectivity index (χ1v) is 4.97. The number of hydrogen-bond acceptors (Lipinski definition) is 4. The third kappa shape index (κ3) is 4.16. The Balaban J connectivity index is 2.67. The van der Waals surface area contributed by atoms with E-state index in [9.17, 15) is 4.79 Å². The number of carbonyl (C=O) groups is 1. The molecule has 0 aromatic heterocycles. The van der Waals surface area contributed by atoms with Gasteiger partial charge in [-0.25, -0.2) is 4.79 Å². The highest BCUT2D eigenvalue weighted by atomic mass is 16.5. The van der Waals surface area contributed by atoms with Gasteiger partial charge in [-0.05, 0) is 23.8 Å². The average Bonchev–Trinajstić information content (AvgIpc) is 2.34. The third-order valence-electron chi connectivity index (χ3n) is 2.01. The number of carboxylic acids is 1. The van der Waals surface area contributed by atoms with Crippen LogP contribution in [-0.4, -0.2) is 29.9 Å². The Bertz CT molecular complexity index is 411. The zero-order valence-electron chi connectivity index (χ0n) is 9.42. The lowest BCUT2D eigenvalue weighted by atomic mass is 10.2. The van der Waals surface area contributed by atoms with E-state index in [4.69, 9.17) is 19.7 Å². The molecule has 0 unspecified atom stereocenters. The van der Waals surface area contributed by atoms with Gasteiger partial charge in [-0.2, -0.15) is 0 Å². The first-order chi connectivity index (χ1) is 8.17. The van der Waals surface area contributed by atoms with Crippen LogP contribution in [-0.2, 0) is 11.4 Å². The molecule has 0 saturated carbocycles. The van der Waals surface area contributed by atoms with Gasteiger partial charge in [-0.3, -0.25) is 0 Å². The lowest BCUT2D eigenvalue weighted by Crippen LogP contribution is -1.98. The Labute approximate surface area is 98.9 Å². The Hall–Kier alpha value is -2.01. The Morgan fingerprint density at radius 1 is 1.41 bits per heavy atom. The largest absolute Gasteiger partial charge is 0.493 e. The molecule has 0 aliphatic rings. The lowest BCUT2D eigenvalue weighted by Gasteiger charge is -2.10. The minimum Gasteiger partial charge on any atom is -0.493 e. The second kappa shape index (κ2) is 6.55. The van der Waals surface area contributed by atoms with E-state index in [-0.39, 0.29) is 13.2 Å². The van der Waals surface area contributed by atoms with Crippen LogP contribution < -0.4 is 9.47 Å². The first kappa shape index (κ1) is 13.1. The van der Waals surface area contributed by atoms with Gasteiger partial charge in [-0.1, -0.05) is 6.07 Å². The highest BCUT2D eigenvalue weighted by Gasteiger charge is 2.04. The van der Waals surface area contributed by atoms with Gasteiger partial charge in [0, 0.05) is 6.08 Å². The summed E-state index contributed by atoms with van der Waals surface area (Å²) in [6.45, 7) is 0.0662. The smallest absolute Gasteiger partial charge is 0.328 e. The van der Waals surface area contributed by atoms with Crippen molar-refractivity contribution >= 4 is 5.97 Å². The summed E-state index contributed by atoms with van der Waals surface area (Å²) < 4.78 is 10.4. The molecule has 0 saturated heterocycles. The maximum atomic E-state index is 10.2. The SMILES string of the molecule is COc1cc(CO)ccc1OC/C=C/C(=O)O. The molecule has 0 atom stereocenters. The molecule has 17 heavy (non-hydrogen) atoms. The predicted octanol–water partition coefficient (Wildman–Crippen LogP) is 1.21. The van der Waals surface area contributed by atoms with E-state index in [0.717, 1.165) is 11.6 Å². The molecule has 1 aromatic rings. The Morgan fingerprint density at radius 3 is 2.76 bits per heavy atom. The molecule has 0 heterocycles. The van der Waals surface area contributed by atoms with Crippen LogP contribution in [0.4, 0.5) is 0 Å². The van der Waals surface area contributed by atoms with Crippen LogP contribution in [0.2, 0.25) is 0 Å². The van der Waals surface area contributed by atoms with Crippen LogP contribution in [0.25, 0.3) is 0 Å². The van der Waals surface area contributed by atoms with Crippen LogP contribution in [0.1, 0.15) is 5.56 Å². The van der Waals surface area contributed by atoms with E-state index in [0.29, 0.717) is 11.5 Å². The zero-order chi connectivity index (χ0) is 12.7. The van der Waals surface area contributed by atoms with Crippen molar-refractivity contribution in [2.45, 2.75) is 6.61 Å². The van der Waals surface area contributed by atoms with Crippen molar-refractivity contribution in [1.82, 2.24) is 0 Å². The lowest BCUT2D eigenvalue weighted by molar-refractivity contribution is -0.131. The van der Waals surface area contributed by atoms with Crippen molar-refractivity contribution in [3.05, 3.63) is 35.9 Å². The maximum Gasteiger partial charge on any atom is 0.328 e. The highest BCUT2D eigenvalue weighted by Crippen LogP contribution is 2.27. The first-order valence-electron chi connectivity index (χ1n) is 4.97. The van der Waals surface area contributed by atoms with Gasteiger partial charge in [-0.15, -0.1) is 0 Å². The van der Waals surface area contributed by atoms with Gasteiger partial charge in [0.25, 0.3) is 0 Å². The number of hydrogen-bond donors (Lipinski definition) is 2. The molecule has 1 rings (SSSR count). The monoisotopic (exact) mass is 238 g/mol. The fourth-order valence-corrected chi connectivity index (χ4v) is 1.22. The number of ether oxygens (including phenoxy) is 2. The minimum atomic E-state index is -1.02. The number of aliphatic hydroxyl groups is 1. The molecular weight excluding hydrogens is 224 g/mol. The van der Waals surface area contributed by atoms with Crippen molar-refractivity contribution in [1.29, 1.82) is 0 Å². The number of methoxy groups -OCH3 is 1. The number of benzene rings is 1. The summed E-state index contributed by atoms with van der Waals surface area (Å²) in [5.74, 6) is -0.0174. The van der Waals surface area contributed by atoms with Crippen LogP contribution in [0, 0.1) is 0 Å². The molecule has 0 radical (unpaired) electrons. The molecule has 0 fully saturated rings. The molecule has 0 aliphatic heterocycles. The second-order valence-electron chi connectivity index (χ2n) is 3.19. The van der Waals surface area contributed by atoms with Gasteiger partial charge in [0.15, 0.2) is 11.5 Å². The van der Waals surface area contributed by atoms with Crippen LogP contribution in [0.5, 0.6) is 11.5 Å². The van der Waals surface area contributed by atoms with Crippen molar-refractivity contribution in [3.63, 3.8) is 0 Å². The normalized spacial score (nSPS) is 10.5. The van der Waals surface area contributed by atoms with Gasteiger partial charge in [0.1, 0.15) is 6.61 Å². The zero-order valence-corrected chi connectivity index (χ0v) is 9.42. The van der Waals surface area contributed by atoms with Gasteiger partial charge >= 0.3 is 5.97 Å². The fourth-order valence-electron chi connectivity index (χ4n) is 1.22. The van der Waals surface area contributed by atoms with Crippen molar-refractivity contribution in [2.75, 3.05) is 13.7 Å². The number of aliphatic hydroxyl groups excluding tert-OH is 1. The number of rotatable bonds is 6. The fraction of sp³-hybridized carbons (Fsp3) is 0.250. The molecule has 0 spiro atoms. The summed E-state index contributed by atoms with van der Waals surface area (Å²) in [5.41, 5.74) is 0.718. The molecule has 5 heteroatoms. The molecule has 1 aromatic carbocycles. The molecule has 0 aliphatic carbocycles. The molecular formula is C12H14O5. The Kier molecular flexibility index (Phi) is 5.03.